The number of hydrogen-bond donors (Lipinski definition) is 2. The van der Waals surface area contributed by atoms with Crippen LogP contribution < -0.4 is 19.5 Å². The van der Waals surface area contributed by atoms with Crippen LogP contribution in [-0.4, -0.2) is 78.9 Å². The van der Waals surface area contributed by atoms with Crippen molar-refractivity contribution in [2.45, 2.75) is 0 Å². The molecule has 0 unspecified atom stereocenters. The summed E-state index contributed by atoms with van der Waals surface area (Å²) in [5.41, 5.74) is 2.68. The molecule has 0 heterocycles. The zero-order chi connectivity index (χ0) is 26.9. The van der Waals surface area contributed by atoms with Crippen LogP contribution in [0.2, 0.25) is 0 Å². The smallest absolute Gasteiger partial charge is 0.266 e. The SMILES string of the molecule is COc1cc(N(C)N=NCCS(=O)(=O)O)ccc1-c1ccc(N(C)N=NCCS(=O)(=O)O)cc1OC. The van der Waals surface area contributed by atoms with Gasteiger partial charge in [0, 0.05) is 37.4 Å². The average Bonchev–Trinajstić information content (AvgIpc) is 2.82. The molecule has 2 aromatic carbocycles. The molecule has 2 rings (SSSR count). The lowest BCUT2D eigenvalue weighted by molar-refractivity contribution is 0.410. The molecule has 0 aliphatic heterocycles. The topological polar surface area (TPSA) is 183 Å². The molecular formula is C20H28N6O8S2. The monoisotopic (exact) mass is 544 g/mol. The quantitative estimate of drug-likeness (QED) is 0.216. The number of nitrogens with zero attached hydrogens (tertiary/aromatic N) is 6. The Balaban J connectivity index is 2.24. The van der Waals surface area contributed by atoms with Crippen molar-refractivity contribution in [3.05, 3.63) is 36.4 Å². The summed E-state index contributed by atoms with van der Waals surface area (Å²) in [5.74, 6) is -0.0267. The first-order chi connectivity index (χ1) is 16.8. The molecule has 198 valence electrons. The fourth-order valence-corrected chi connectivity index (χ4v) is 3.53. The Morgan fingerprint density at radius 3 is 1.39 bits per heavy atom. The molecule has 0 saturated carbocycles. The first kappa shape index (κ1) is 28.9. The predicted octanol–water partition coefficient (Wildman–Crippen LogP) is 2.75. The molecule has 16 heteroatoms. The van der Waals surface area contributed by atoms with Gasteiger partial charge in [-0.1, -0.05) is 10.4 Å². The Labute approximate surface area is 209 Å². The Morgan fingerprint density at radius 2 is 1.08 bits per heavy atom. The van der Waals surface area contributed by atoms with E-state index in [-0.39, 0.29) is 13.1 Å². The largest absolute Gasteiger partial charge is 0.496 e. The van der Waals surface area contributed by atoms with Gasteiger partial charge in [-0.25, -0.2) is 0 Å². The fraction of sp³-hybridized carbons (Fsp3) is 0.400. The van der Waals surface area contributed by atoms with E-state index in [1.54, 1.807) is 50.5 Å². The molecule has 0 aromatic heterocycles. The van der Waals surface area contributed by atoms with E-state index in [0.29, 0.717) is 22.9 Å². The van der Waals surface area contributed by atoms with E-state index in [1.807, 2.05) is 0 Å². The molecule has 2 N–H and O–H groups in total. The molecule has 0 bridgehead atoms. The van der Waals surface area contributed by atoms with Gasteiger partial charge < -0.3 is 9.47 Å². The van der Waals surface area contributed by atoms with E-state index < -0.39 is 31.7 Å². The van der Waals surface area contributed by atoms with Gasteiger partial charge in [-0.3, -0.25) is 19.1 Å². The van der Waals surface area contributed by atoms with Crippen LogP contribution >= 0.6 is 0 Å². The summed E-state index contributed by atoms with van der Waals surface area (Å²) in [7, 11) is -1.94. The molecule has 36 heavy (non-hydrogen) atoms. The number of ether oxygens (including phenoxy) is 2. The van der Waals surface area contributed by atoms with E-state index in [2.05, 4.69) is 20.7 Å². The van der Waals surface area contributed by atoms with E-state index in [0.717, 1.165) is 11.1 Å². The van der Waals surface area contributed by atoms with Crippen molar-refractivity contribution in [1.82, 2.24) is 0 Å². The van der Waals surface area contributed by atoms with E-state index >= 15 is 0 Å². The molecule has 0 aliphatic rings. The predicted molar refractivity (Wildman–Crippen MR) is 134 cm³/mol. The third-order valence-corrected chi connectivity index (χ3v) is 6.10. The summed E-state index contributed by atoms with van der Waals surface area (Å²) in [5, 5.41) is 18.2. The molecule has 2 aromatic rings. The normalized spacial score (nSPS) is 12.3. The first-order valence-electron chi connectivity index (χ1n) is 10.3. The maximum atomic E-state index is 10.8. The van der Waals surface area contributed by atoms with Crippen LogP contribution in [-0.2, 0) is 20.2 Å². The second kappa shape index (κ2) is 12.6. The highest BCUT2D eigenvalue weighted by Gasteiger charge is 2.15. The summed E-state index contributed by atoms with van der Waals surface area (Å²) in [4.78, 5) is 0. The van der Waals surface area contributed by atoms with Crippen molar-refractivity contribution in [2.24, 2.45) is 20.7 Å². The van der Waals surface area contributed by atoms with Gasteiger partial charge in [-0.05, 0) is 24.3 Å². The van der Waals surface area contributed by atoms with Crippen molar-refractivity contribution < 1.29 is 35.4 Å². The highest BCUT2D eigenvalue weighted by Crippen LogP contribution is 2.40. The summed E-state index contributed by atoms with van der Waals surface area (Å²) in [6.45, 7) is -0.368. The molecule has 14 nitrogen and oxygen atoms in total. The summed E-state index contributed by atoms with van der Waals surface area (Å²) in [6, 6.07) is 10.6. The van der Waals surface area contributed by atoms with Gasteiger partial charge in [0.15, 0.2) is 0 Å². The summed E-state index contributed by atoms with van der Waals surface area (Å²) in [6.07, 6.45) is 0. The Morgan fingerprint density at radius 1 is 0.722 bits per heavy atom. The highest BCUT2D eigenvalue weighted by molar-refractivity contribution is 7.86. The minimum Gasteiger partial charge on any atom is -0.496 e. The zero-order valence-corrected chi connectivity index (χ0v) is 21.8. The van der Waals surface area contributed by atoms with Crippen LogP contribution in [0.5, 0.6) is 11.5 Å². The van der Waals surface area contributed by atoms with Gasteiger partial charge in [0.2, 0.25) is 0 Å². The van der Waals surface area contributed by atoms with Gasteiger partial charge in [0.05, 0.1) is 50.2 Å². The second-order valence-corrected chi connectivity index (χ2v) is 10.4. The lowest BCUT2D eigenvalue weighted by Crippen LogP contribution is -2.10. The van der Waals surface area contributed by atoms with Crippen molar-refractivity contribution in [2.75, 3.05) is 62.9 Å². The Hall–Kier alpha value is -3.34. The third kappa shape index (κ3) is 9.03. The van der Waals surface area contributed by atoms with E-state index in [1.165, 1.54) is 24.2 Å². The van der Waals surface area contributed by atoms with E-state index in [4.69, 9.17) is 18.6 Å². The first-order valence-corrected chi connectivity index (χ1v) is 13.6. The summed E-state index contributed by atoms with van der Waals surface area (Å²) >= 11 is 0. The molecule has 0 atom stereocenters. The van der Waals surface area contributed by atoms with Crippen LogP contribution in [0.25, 0.3) is 11.1 Å². The van der Waals surface area contributed by atoms with Gasteiger partial charge in [0.25, 0.3) is 20.2 Å². The van der Waals surface area contributed by atoms with Crippen molar-refractivity contribution in [1.29, 1.82) is 0 Å². The lowest BCUT2D eigenvalue weighted by Gasteiger charge is -2.18. The van der Waals surface area contributed by atoms with Gasteiger partial charge in [-0.15, -0.1) is 0 Å². The average molecular weight is 545 g/mol. The van der Waals surface area contributed by atoms with Crippen molar-refractivity contribution >= 4 is 31.6 Å². The Kier molecular flexibility index (Phi) is 10.1. The molecule has 0 amide bonds. The fourth-order valence-electron chi connectivity index (χ4n) is 2.90. The van der Waals surface area contributed by atoms with Crippen LogP contribution in [0, 0.1) is 0 Å². The second-order valence-electron chi connectivity index (χ2n) is 7.30. The minimum atomic E-state index is -4.11. The van der Waals surface area contributed by atoms with Crippen LogP contribution in [0.3, 0.4) is 0 Å². The van der Waals surface area contributed by atoms with Gasteiger partial charge >= 0.3 is 0 Å². The summed E-state index contributed by atoms with van der Waals surface area (Å²) < 4.78 is 71.7. The standard InChI is InChI=1S/C20H28N6O8S2/c1-25(23-21-9-11-35(27,28)29)15-5-7-17(19(13-15)33-3)18-8-6-16(14-20(18)34-4)26(2)24-22-10-12-36(30,31)32/h5-8,13-14H,9-12H2,1-4H3,(H,27,28,29)(H,30,31,32). The number of benzene rings is 2. The Bertz CT molecular complexity index is 1210. The minimum absolute atomic E-state index is 0.184. The zero-order valence-electron chi connectivity index (χ0n) is 20.1. The van der Waals surface area contributed by atoms with Crippen LogP contribution in [0.4, 0.5) is 11.4 Å². The maximum absolute atomic E-state index is 10.8. The molecule has 0 fully saturated rings. The number of anilines is 2. The molecule has 0 saturated heterocycles. The third-order valence-electron chi connectivity index (χ3n) is 4.70. The molecule has 0 aliphatic carbocycles. The highest BCUT2D eigenvalue weighted by atomic mass is 32.2. The van der Waals surface area contributed by atoms with Crippen molar-refractivity contribution in [3.63, 3.8) is 0 Å². The van der Waals surface area contributed by atoms with Crippen LogP contribution in [0.15, 0.2) is 57.1 Å². The van der Waals surface area contributed by atoms with Gasteiger partial charge in [-0.2, -0.15) is 27.1 Å². The van der Waals surface area contributed by atoms with Gasteiger partial charge in [0.1, 0.15) is 11.5 Å². The number of methoxy groups -OCH3 is 2. The molecule has 0 spiro atoms. The maximum Gasteiger partial charge on any atom is 0.266 e. The lowest BCUT2D eigenvalue weighted by atomic mass is 10.0. The number of rotatable bonds is 13. The van der Waals surface area contributed by atoms with Crippen molar-refractivity contribution in [3.8, 4) is 22.6 Å². The molecular weight excluding hydrogens is 516 g/mol. The van der Waals surface area contributed by atoms with Crippen LogP contribution in [0.1, 0.15) is 0 Å². The number of hydrogen-bond acceptors (Lipinski definition) is 10. The van der Waals surface area contributed by atoms with E-state index in [9.17, 15) is 16.8 Å². The molecule has 0 radical (unpaired) electrons.